The van der Waals surface area contributed by atoms with Gasteiger partial charge in [-0.25, -0.2) is 0 Å². The first kappa shape index (κ1) is 23.7. The van der Waals surface area contributed by atoms with Gasteiger partial charge in [-0.2, -0.15) is 8.78 Å². The van der Waals surface area contributed by atoms with Crippen LogP contribution in [-0.2, 0) is 4.79 Å². The molecule has 7 heteroatoms. The molecule has 1 fully saturated rings. The third-order valence-electron chi connectivity index (χ3n) is 6.15. The lowest BCUT2D eigenvalue weighted by Gasteiger charge is -2.36. The standard InChI is InChI=1S/C25H31F2N3O2/c1-5-20(16-6-12-19(13-7-16)32-24(26)27)30-21-14-15-28-22(21)23(31)29-18-10-8-17(9-11-18)25(2,3)4/h5-7,12-15,17-18,24H,8-11H2,1-4H3,(H,29,31)/p+1/b20-5+. The Morgan fingerprint density at radius 1 is 1.16 bits per heavy atom. The lowest BCUT2D eigenvalue weighted by atomic mass is 9.71. The Labute approximate surface area is 188 Å². The highest BCUT2D eigenvalue weighted by Crippen LogP contribution is 2.37. The van der Waals surface area contributed by atoms with Gasteiger partial charge in [-0.3, -0.25) is 4.79 Å². The predicted octanol–water partition coefficient (Wildman–Crippen LogP) is 4.44. The molecule has 0 saturated heterocycles. The number of halogens is 2. The van der Waals surface area contributed by atoms with Gasteiger partial charge in [0, 0.05) is 11.7 Å². The molecule has 32 heavy (non-hydrogen) atoms. The summed E-state index contributed by atoms with van der Waals surface area (Å²) in [6.07, 6.45) is 9.38. The summed E-state index contributed by atoms with van der Waals surface area (Å²) in [5.74, 6) is 0.586. The van der Waals surface area contributed by atoms with E-state index < -0.39 is 6.61 Å². The van der Waals surface area contributed by atoms with E-state index in [0.717, 1.165) is 36.9 Å². The van der Waals surface area contributed by atoms with Crippen molar-refractivity contribution in [1.29, 1.82) is 0 Å². The van der Waals surface area contributed by atoms with Gasteiger partial charge in [0.25, 0.3) is 6.21 Å². The molecule has 1 saturated carbocycles. The van der Waals surface area contributed by atoms with Crippen LogP contribution in [-0.4, -0.2) is 30.5 Å². The number of carbonyl (C=O) groups is 1. The van der Waals surface area contributed by atoms with Crippen molar-refractivity contribution in [2.24, 2.45) is 11.3 Å². The maximum Gasteiger partial charge on any atom is 0.414 e. The second-order valence-corrected chi connectivity index (χ2v) is 9.33. The summed E-state index contributed by atoms with van der Waals surface area (Å²) >= 11 is 0. The van der Waals surface area contributed by atoms with E-state index in [1.54, 1.807) is 24.4 Å². The van der Waals surface area contributed by atoms with Gasteiger partial charge < -0.3 is 15.4 Å². The zero-order chi connectivity index (χ0) is 23.3. The van der Waals surface area contributed by atoms with E-state index in [1.165, 1.54) is 12.1 Å². The number of ether oxygens (including phenoxy) is 1. The number of hydrogen-bond acceptors (Lipinski definition) is 3. The molecule has 0 atom stereocenters. The number of hydrogen-bond donors (Lipinski definition) is 2. The van der Waals surface area contributed by atoms with E-state index in [9.17, 15) is 13.6 Å². The number of carbonyl (C=O) groups excluding carboxylic acids is 1. The largest absolute Gasteiger partial charge is 0.435 e. The first-order valence-electron chi connectivity index (χ1n) is 11.1. The van der Waals surface area contributed by atoms with Crippen LogP contribution < -0.4 is 20.0 Å². The zero-order valence-electron chi connectivity index (χ0n) is 19.1. The van der Waals surface area contributed by atoms with Crippen molar-refractivity contribution in [2.75, 3.05) is 0 Å². The summed E-state index contributed by atoms with van der Waals surface area (Å²) in [7, 11) is 0. The summed E-state index contributed by atoms with van der Waals surface area (Å²) in [6, 6.07) is 6.50. The van der Waals surface area contributed by atoms with Crippen LogP contribution in [0.2, 0.25) is 0 Å². The smallest absolute Gasteiger partial charge is 0.414 e. The molecular weight excluding hydrogens is 412 g/mol. The topological polar surface area (TPSA) is 64.5 Å². The lowest BCUT2D eigenvalue weighted by Crippen LogP contribution is -2.44. The van der Waals surface area contributed by atoms with E-state index in [4.69, 9.17) is 0 Å². The van der Waals surface area contributed by atoms with Crippen molar-refractivity contribution in [3.8, 4) is 5.75 Å². The molecule has 0 spiro atoms. The Hall–Kier alpha value is -2.92. The fourth-order valence-electron chi connectivity index (χ4n) is 4.25. The maximum atomic E-state index is 12.9. The van der Waals surface area contributed by atoms with Gasteiger partial charge in [-0.1, -0.05) is 31.5 Å². The lowest BCUT2D eigenvalue weighted by molar-refractivity contribution is -0.115. The van der Waals surface area contributed by atoms with Crippen molar-refractivity contribution in [3.63, 3.8) is 0 Å². The van der Waals surface area contributed by atoms with Gasteiger partial charge in [-0.05, 0) is 73.8 Å². The Balaban J connectivity index is 1.59. The SMILES string of the molecule is C/C=C(/NC1=CC=[N+]=C1C(=O)NC1CCC(C(C)(C)C)CC1)c1ccc(OC(F)F)cc1. The van der Waals surface area contributed by atoms with Gasteiger partial charge in [0.15, 0.2) is 0 Å². The molecule has 1 aromatic carbocycles. The highest BCUT2D eigenvalue weighted by atomic mass is 19.3. The predicted molar refractivity (Wildman–Crippen MR) is 124 cm³/mol. The highest BCUT2D eigenvalue weighted by molar-refractivity contribution is 6.46. The number of alkyl halides is 2. The summed E-state index contributed by atoms with van der Waals surface area (Å²) < 4.78 is 33.4. The number of amides is 1. The molecule has 1 aliphatic heterocycles. The van der Waals surface area contributed by atoms with Crippen molar-refractivity contribution < 1.29 is 18.3 Å². The van der Waals surface area contributed by atoms with E-state index in [0.29, 0.717) is 22.7 Å². The fourth-order valence-corrected chi connectivity index (χ4v) is 4.25. The summed E-state index contributed by atoms with van der Waals surface area (Å²) in [6.45, 7) is 5.83. The van der Waals surface area contributed by atoms with Gasteiger partial charge in [-0.15, -0.1) is 0 Å². The maximum absolute atomic E-state index is 12.9. The molecule has 3 rings (SSSR count). The van der Waals surface area contributed by atoms with Crippen LogP contribution in [0.3, 0.4) is 0 Å². The third kappa shape index (κ3) is 6.07. The first-order chi connectivity index (χ1) is 15.2. The van der Waals surface area contributed by atoms with Crippen LogP contribution in [0.4, 0.5) is 8.78 Å². The highest BCUT2D eigenvalue weighted by Gasteiger charge is 2.34. The van der Waals surface area contributed by atoms with Crippen molar-refractivity contribution >= 4 is 23.5 Å². The number of rotatable bonds is 7. The molecule has 0 unspecified atom stereocenters. The number of nitrogens with one attached hydrogen (secondary N) is 2. The number of allylic oxidation sites excluding steroid dienone is 2. The van der Waals surface area contributed by atoms with E-state index >= 15 is 0 Å². The summed E-state index contributed by atoms with van der Waals surface area (Å²) in [4.78, 5) is 12.9. The Morgan fingerprint density at radius 2 is 1.81 bits per heavy atom. The van der Waals surface area contributed by atoms with E-state index in [-0.39, 0.29) is 17.7 Å². The zero-order valence-corrected chi connectivity index (χ0v) is 19.1. The molecular formula is C25H32F2N3O2+. The van der Waals surface area contributed by atoms with Gasteiger partial charge >= 0.3 is 18.2 Å². The molecule has 172 valence electrons. The molecule has 5 nitrogen and oxygen atoms in total. The molecule has 0 bridgehead atoms. The molecule has 1 heterocycles. The molecule has 2 aliphatic rings. The quantitative estimate of drug-likeness (QED) is 0.612. The number of benzene rings is 1. The fraction of sp³-hybridized carbons (Fsp3) is 0.480. The average molecular weight is 445 g/mol. The Morgan fingerprint density at radius 3 is 2.38 bits per heavy atom. The second-order valence-electron chi connectivity index (χ2n) is 9.33. The third-order valence-corrected chi connectivity index (χ3v) is 6.15. The van der Waals surface area contributed by atoms with Crippen LogP contribution >= 0.6 is 0 Å². The molecule has 1 aromatic rings. The minimum absolute atomic E-state index is 0.0930. The average Bonchev–Trinajstić information content (AvgIpc) is 3.20. The monoisotopic (exact) mass is 444 g/mol. The van der Waals surface area contributed by atoms with E-state index in [1.807, 2.05) is 13.0 Å². The summed E-state index contributed by atoms with van der Waals surface area (Å²) in [5, 5.41) is 6.39. The molecule has 0 aromatic heterocycles. The molecule has 0 radical (unpaired) electrons. The Kier molecular flexibility index (Phi) is 7.52. The molecule has 2 N–H and O–H groups in total. The second kappa shape index (κ2) is 10.1. The van der Waals surface area contributed by atoms with Gasteiger partial charge in [0.1, 0.15) is 11.4 Å². The van der Waals surface area contributed by atoms with E-state index in [2.05, 4.69) is 40.8 Å². The molecule has 1 amide bonds. The minimum Gasteiger partial charge on any atom is -0.435 e. The first-order valence-corrected chi connectivity index (χ1v) is 11.1. The minimum atomic E-state index is -2.86. The van der Waals surface area contributed by atoms with Crippen LogP contribution in [0.25, 0.3) is 5.70 Å². The van der Waals surface area contributed by atoms with Crippen LogP contribution in [0, 0.1) is 11.3 Å². The summed E-state index contributed by atoms with van der Waals surface area (Å²) in [5.41, 5.74) is 2.77. The van der Waals surface area contributed by atoms with Crippen molar-refractivity contribution in [2.45, 2.75) is 66.0 Å². The normalized spacial score (nSPS) is 21.3. The number of nitrogens with zero attached hydrogens (tertiary/aromatic N) is 1. The van der Waals surface area contributed by atoms with Crippen LogP contribution in [0.5, 0.6) is 5.75 Å². The van der Waals surface area contributed by atoms with Crippen molar-refractivity contribution in [3.05, 3.63) is 47.7 Å². The van der Waals surface area contributed by atoms with Crippen LogP contribution in [0.15, 0.2) is 42.1 Å². The molecule has 1 aliphatic carbocycles. The van der Waals surface area contributed by atoms with Crippen molar-refractivity contribution in [1.82, 2.24) is 15.3 Å². The van der Waals surface area contributed by atoms with Crippen LogP contribution in [0.1, 0.15) is 58.9 Å². The Bertz CT molecular complexity index is 944. The van der Waals surface area contributed by atoms with Gasteiger partial charge in [0.2, 0.25) is 0 Å². The van der Waals surface area contributed by atoms with Gasteiger partial charge in [0.05, 0.1) is 6.08 Å².